The fourth-order valence-electron chi connectivity index (χ4n) is 1.22. The number of rotatable bonds is 2. The molecule has 0 saturated heterocycles. The highest BCUT2D eigenvalue weighted by atomic mass is 28.3. The first-order valence-corrected chi connectivity index (χ1v) is 8.37. The summed E-state index contributed by atoms with van der Waals surface area (Å²) in [7, 11) is -1.22. The lowest BCUT2D eigenvalue weighted by Crippen LogP contribution is -2.40. The molecule has 0 aliphatic heterocycles. The van der Waals surface area contributed by atoms with Crippen molar-refractivity contribution in [2.75, 3.05) is 0 Å². The van der Waals surface area contributed by atoms with Gasteiger partial charge in [0.25, 0.3) is 0 Å². The molecule has 0 atom stereocenters. The summed E-state index contributed by atoms with van der Waals surface area (Å²) in [6.45, 7) is 11.4. The van der Waals surface area contributed by atoms with Crippen molar-refractivity contribution in [3.8, 4) is 0 Å². The van der Waals surface area contributed by atoms with E-state index >= 15 is 0 Å². The molecule has 0 amide bonds. The van der Waals surface area contributed by atoms with Crippen molar-refractivity contribution in [3.63, 3.8) is 0 Å². The van der Waals surface area contributed by atoms with Crippen molar-refractivity contribution in [1.29, 1.82) is 0 Å². The zero-order chi connectivity index (χ0) is 10.1. The van der Waals surface area contributed by atoms with Crippen molar-refractivity contribution in [1.82, 2.24) is 4.98 Å². The fraction of sp³-hybridized carbons (Fsp3) is 0.545. The Labute approximate surface area is 82.2 Å². The third-order valence-corrected chi connectivity index (χ3v) is 4.03. The molecule has 0 unspecified atom stereocenters. The minimum Gasteiger partial charge on any atom is -0.266 e. The van der Waals surface area contributed by atoms with E-state index < -0.39 is 8.07 Å². The van der Waals surface area contributed by atoms with Crippen molar-refractivity contribution in [3.05, 3.63) is 23.9 Å². The lowest BCUT2D eigenvalue weighted by molar-refractivity contribution is 0.865. The quantitative estimate of drug-likeness (QED) is 0.658. The molecule has 1 nitrogen and oxygen atoms in total. The van der Waals surface area contributed by atoms with Crippen LogP contribution < -0.4 is 5.32 Å². The van der Waals surface area contributed by atoms with Crippen LogP contribution in [0.25, 0.3) is 0 Å². The Morgan fingerprint density at radius 3 is 2.31 bits per heavy atom. The van der Waals surface area contributed by atoms with Gasteiger partial charge in [-0.1, -0.05) is 33.5 Å². The molecule has 0 aliphatic carbocycles. The summed E-state index contributed by atoms with van der Waals surface area (Å²) >= 11 is 0. The summed E-state index contributed by atoms with van der Waals surface area (Å²) < 4.78 is 0. The lowest BCUT2D eigenvalue weighted by Gasteiger charge is -2.16. The van der Waals surface area contributed by atoms with Crippen molar-refractivity contribution in [2.24, 2.45) is 0 Å². The van der Waals surface area contributed by atoms with Gasteiger partial charge in [-0.05, 0) is 23.6 Å². The Bertz CT molecular complexity index is 286. The highest BCUT2D eigenvalue weighted by Gasteiger charge is 2.18. The van der Waals surface area contributed by atoms with E-state index in [-0.39, 0.29) is 0 Å². The van der Waals surface area contributed by atoms with Gasteiger partial charge in [0, 0.05) is 11.5 Å². The Kier molecular flexibility index (Phi) is 2.91. The van der Waals surface area contributed by atoms with Crippen LogP contribution in [0.1, 0.15) is 25.3 Å². The zero-order valence-corrected chi connectivity index (χ0v) is 10.3. The van der Waals surface area contributed by atoms with E-state index in [1.54, 1.807) is 0 Å². The number of pyridine rings is 1. The van der Waals surface area contributed by atoms with Crippen LogP contribution in [0.4, 0.5) is 0 Å². The van der Waals surface area contributed by atoms with Gasteiger partial charge in [-0.15, -0.1) is 0 Å². The maximum atomic E-state index is 4.45. The number of hydrogen-bond acceptors (Lipinski definition) is 1. The summed E-state index contributed by atoms with van der Waals surface area (Å²) in [6.07, 6.45) is 1.95. The standard InChI is InChI=1S/C11H19NSi/c1-9(2)10-6-7-12-11(8-10)13(3,4)5/h6-9H,1-5H3. The third-order valence-electron chi connectivity index (χ3n) is 2.22. The number of nitrogens with zero attached hydrogens (tertiary/aromatic N) is 1. The Hall–Kier alpha value is -0.633. The van der Waals surface area contributed by atoms with Gasteiger partial charge in [-0.2, -0.15) is 0 Å². The molecule has 0 fully saturated rings. The second-order valence-electron chi connectivity index (χ2n) is 4.88. The highest BCUT2D eigenvalue weighted by Crippen LogP contribution is 2.12. The van der Waals surface area contributed by atoms with Gasteiger partial charge >= 0.3 is 0 Å². The van der Waals surface area contributed by atoms with E-state index in [0.717, 1.165) is 0 Å². The molecule has 1 aromatic heterocycles. The van der Waals surface area contributed by atoms with Gasteiger partial charge in [-0.3, -0.25) is 4.98 Å². The van der Waals surface area contributed by atoms with Crippen LogP contribution in [0, 0.1) is 0 Å². The molecular formula is C11H19NSi. The second kappa shape index (κ2) is 3.62. The Morgan fingerprint density at radius 2 is 1.85 bits per heavy atom. The van der Waals surface area contributed by atoms with Gasteiger partial charge in [-0.25, -0.2) is 0 Å². The van der Waals surface area contributed by atoms with Crippen molar-refractivity contribution in [2.45, 2.75) is 39.4 Å². The maximum absolute atomic E-state index is 4.45. The number of hydrogen-bond donors (Lipinski definition) is 0. The largest absolute Gasteiger partial charge is 0.266 e. The molecule has 1 rings (SSSR count). The average molecular weight is 193 g/mol. The van der Waals surface area contributed by atoms with Crippen LogP contribution in [-0.4, -0.2) is 13.1 Å². The molecule has 0 radical (unpaired) electrons. The maximum Gasteiger partial charge on any atom is 0.101 e. The molecule has 0 N–H and O–H groups in total. The van der Waals surface area contributed by atoms with Crippen LogP contribution in [0.5, 0.6) is 0 Å². The lowest BCUT2D eigenvalue weighted by atomic mass is 10.1. The van der Waals surface area contributed by atoms with Crippen LogP contribution >= 0.6 is 0 Å². The predicted molar refractivity (Wildman–Crippen MR) is 61.3 cm³/mol. The first-order valence-electron chi connectivity index (χ1n) is 4.87. The van der Waals surface area contributed by atoms with Crippen LogP contribution in [0.15, 0.2) is 18.3 Å². The van der Waals surface area contributed by atoms with Crippen LogP contribution in [0.3, 0.4) is 0 Å². The predicted octanol–water partition coefficient (Wildman–Crippen LogP) is 2.75. The second-order valence-corrected chi connectivity index (χ2v) is 9.89. The Morgan fingerprint density at radius 1 is 1.23 bits per heavy atom. The molecule has 0 spiro atoms. The minimum atomic E-state index is -1.22. The first kappa shape index (κ1) is 10.4. The first-order chi connectivity index (χ1) is 5.91. The molecular weight excluding hydrogens is 174 g/mol. The van der Waals surface area contributed by atoms with Gasteiger partial charge in [0.15, 0.2) is 0 Å². The summed E-state index contributed by atoms with van der Waals surface area (Å²) in [5.74, 6) is 0.609. The van der Waals surface area contributed by atoms with E-state index in [1.807, 2.05) is 6.20 Å². The van der Waals surface area contributed by atoms with Gasteiger partial charge in [0.05, 0.1) is 0 Å². The monoisotopic (exact) mass is 193 g/mol. The summed E-state index contributed by atoms with van der Waals surface area (Å²) in [5.41, 5.74) is 1.41. The normalized spacial score (nSPS) is 12.2. The molecule has 0 aliphatic rings. The van der Waals surface area contributed by atoms with Gasteiger partial charge in [0.2, 0.25) is 0 Å². The van der Waals surface area contributed by atoms with E-state index in [1.165, 1.54) is 10.9 Å². The summed E-state index contributed by atoms with van der Waals surface area (Å²) in [5, 5.41) is 1.32. The molecule has 2 heteroatoms. The van der Waals surface area contributed by atoms with E-state index in [2.05, 4.69) is 50.6 Å². The topological polar surface area (TPSA) is 12.9 Å². The van der Waals surface area contributed by atoms with Crippen molar-refractivity contribution >= 4 is 13.4 Å². The van der Waals surface area contributed by atoms with Gasteiger partial charge < -0.3 is 0 Å². The smallest absolute Gasteiger partial charge is 0.101 e. The molecule has 1 heterocycles. The summed E-state index contributed by atoms with van der Waals surface area (Å²) in [6, 6.07) is 4.39. The molecule has 0 bridgehead atoms. The van der Waals surface area contributed by atoms with Gasteiger partial charge in [0.1, 0.15) is 8.07 Å². The number of aromatic nitrogens is 1. The molecule has 0 aromatic carbocycles. The minimum absolute atomic E-state index is 0.609. The average Bonchev–Trinajstić information content (AvgIpc) is 2.03. The highest BCUT2D eigenvalue weighted by molar-refractivity contribution is 6.88. The molecule has 1 aromatic rings. The molecule has 72 valence electrons. The SMILES string of the molecule is CC(C)c1ccnc([Si](C)(C)C)c1. The van der Waals surface area contributed by atoms with Crippen molar-refractivity contribution < 1.29 is 0 Å². The van der Waals surface area contributed by atoms with E-state index in [4.69, 9.17) is 0 Å². The molecule has 13 heavy (non-hydrogen) atoms. The third kappa shape index (κ3) is 2.66. The fourth-order valence-corrected chi connectivity index (χ4v) is 2.28. The Balaban J connectivity index is 3.06. The van der Waals surface area contributed by atoms with E-state index in [9.17, 15) is 0 Å². The molecule has 0 saturated carbocycles. The zero-order valence-electron chi connectivity index (χ0n) is 9.26. The summed E-state index contributed by atoms with van der Waals surface area (Å²) in [4.78, 5) is 4.45. The van der Waals surface area contributed by atoms with E-state index in [0.29, 0.717) is 5.92 Å². The van der Waals surface area contributed by atoms with Crippen LogP contribution in [-0.2, 0) is 0 Å². The van der Waals surface area contributed by atoms with Crippen LogP contribution in [0.2, 0.25) is 19.6 Å².